The van der Waals surface area contributed by atoms with Gasteiger partial charge in [-0.3, -0.25) is 0 Å². The number of aliphatic imine (C=N–C) groups is 1. The summed E-state index contributed by atoms with van der Waals surface area (Å²) in [5, 5.41) is 7.58. The van der Waals surface area contributed by atoms with Crippen molar-refractivity contribution < 1.29 is 0 Å². The van der Waals surface area contributed by atoms with Crippen molar-refractivity contribution in [3.05, 3.63) is 46.4 Å². The van der Waals surface area contributed by atoms with Crippen LogP contribution in [-0.2, 0) is 20.1 Å². The Balaban J connectivity index is 2.03. The lowest BCUT2D eigenvalue weighted by atomic mass is 10.3. The third-order valence-corrected chi connectivity index (χ3v) is 3.87. The Labute approximate surface area is 124 Å². The van der Waals surface area contributed by atoms with E-state index in [0.717, 1.165) is 25.6 Å². The monoisotopic (exact) mass is 290 g/mol. The van der Waals surface area contributed by atoms with E-state index in [1.807, 2.05) is 0 Å². The number of nitrogens with zero attached hydrogens (tertiary/aromatic N) is 3. The summed E-state index contributed by atoms with van der Waals surface area (Å²) in [7, 11) is 4.14. The average molecular weight is 290 g/mol. The summed E-state index contributed by atoms with van der Waals surface area (Å²) < 4.78 is 2.14. The van der Waals surface area contributed by atoms with E-state index in [9.17, 15) is 0 Å². The highest BCUT2D eigenvalue weighted by molar-refractivity contribution is 7.07. The van der Waals surface area contributed by atoms with Crippen molar-refractivity contribution in [2.24, 2.45) is 12.0 Å². The topological polar surface area (TPSA) is 32.6 Å². The van der Waals surface area contributed by atoms with E-state index in [0.29, 0.717) is 0 Å². The fraction of sp³-hybridized carbons (Fsp3) is 0.400. The first-order chi connectivity index (χ1) is 9.70. The maximum absolute atomic E-state index is 4.69. The first-order valence-electron chi connectivity index (χ1n) is 6.81. The molecule has 0 aliphatic carbocycles. The molecule has 0 saturated heterocycles. The van der Waals surface area contributed by atoms with Crippen LogP contribution in [0.15, 0.2) is 40.1 Å². The van der Waals surface area contributed by atoms with Gasteiger partial charge in [0.25, 0.3) is 0 Å². The molecule has 0 aromatic carbocycles. The van der Waals surface area contributed by atoms with E-state index in [2.05, 4.69) is 71.0 Å². The lowest BCUT2D eigenvalue weighted by Crippen LogP contribution is -2.38. The SMILES string of the molecule is CCNC(=NCc1ccsc1)N(C)Cc1cccn1C. The van der Waals surface area contributed by atoms with E-state index in [1.54, 1.807) is 11.3 Å². The second-order valence-electron chi connectivity index (χ2n) is 4.77. The van der Waals surface area contributed by atoms with Gasteiger partial charge in [-0.15, -0.1) is 0 Å². The average Bonchev–Trinajstić information content (AvgIpc) is 3.07. The van der Waals surface area contributed by atoms with Gasteiger partial charge in [-0.05, 0) is 41.4 Å². The second kappa shape index (κ2) is 7.14. The van der Waals surface area contributed by atoms with Crippen LogP contribution in [0, 0.1) is 0 Å². The maximum Gasteiger partial charge on any atom is 0.194 e. The van der Waals surface area contributed by atoms with E-state index in [-0.39, 0.29) is 0 Å². The number of hydrogen-bond donors (Lipinski definition) is 1. The van der Waals surface area contributed by atoms with Crippen molar-refractivity contribution in [1.82, 2.24) is 14.8 Å². The Kier molecular flexibility index (Phi) is 5.24. The molecule has 1 N–H and O–H groups in total. The Hall–Kier alpha value is -1.75. The molecule has 0 atom stereocenters. The van der Waals surface area contributed by atoms with Crippen molar-refractivity contribution in [3.63, 3.8) is 0 Å². The molecule has 0 aliphatic rings. The van der Waals surface area contributed by atoms with Gasteiger partial charge < -0.3 is 14.8 Å². The summed E-state index contributed by atoms with van der Waals surface area (Å²) in [5.41, 5.74) is 2.53. The van der Waals surface area contributed by atoms with E-state index >= 15 is 0 Å². The van der Waals surface area contributed by atoms with Crippen LogP contribution in [0.2, 0.25) is 0 Å². The van der Waals surface area contributed by atoms with Crippen LogP contribution in [0.4, 0.5) is 0 Å². The molecule has 0 fully saturated rings. The number of rotatable bonds is 5. The summed E-state index contributed by atoms with van der Waals surface area (Å²) in [4.78, 5) is 6.85. The van der Waals surface area contributed by atoms with Crippen molar-refractivity contribution in [1.29, 1.82) is 0 Å². The van der Waals surface area contributed by atoms with Crippen LogP contribution in [0.1, 0.15) is 18.2 Å². The largest absolute Gasteiger partial charge is 0.357 e. The summed E-state index contributed by atoms with van der Waals surface area (Å²) >= 11 is 1.71. The van der Waals surface area contributed by atoms with Crippen LogP contribution < -0.4 is 5.32 Å². The molecule has 2 heterocycles. The van der Waals surface area contributed by atoms with Gasteiger partial charge in [0.05, 0.1) is 13.1 Å². The third-order valence-electron chi connectivity index (χ3n) is 3.14. The van der Waals surface area contributed by atoms with Crippen LogP contribution in [0.3, 0.4) is 0 Å². The maximum atomic E-state index is 4.69. The predicted octanol–water partition coefficient (Wildman–Crippen LogP) is 2.68. The first-order valence-corrected chi connectivity index (χ1v) is 7.75. The van der Waals surface area contributed by atoms with Gasteiger partial charge >= 0.3 is 0 Å². The highest BCUT2D eigenvalue weighted by atomic mass is 32.1. The number of guanidine groups is 1. The lowest BCUT2D eigenvalue weighted by Gasteiger charge is -2.22. The van der Waals surface area contributed by atoms with Gasteiger partial charge in [0.2, 0.25) is 0 Å². The van der Waals surface area contributed by atoms with E-state index in [1.165, 1.54) is 11.3 Å². The predicted molar refractivity (Wildman–Crippen MR) is 86.0 cm³/mol. The van der Waals surface area contributed by atoms with Gasteiger partial charge in [0, 0.05) is 32.5 Å². The molecule has 4 nitrogen and oxygen atoms in total. The van der Waals surface area contributed by atoms with E-state index in [4.69, 9.17) is 4.99 Å². The molecule has 0 bridgehead atoms. The molecule has 20 heavy (non-hydrogen) atoms. The second-order valence-corrected chi connectivity index (χ2v) is 5.55. The Morgan fingerprint density at radius 3 is 2.90 bits per heavy atom. The van der Waals surface area contributed by atoms with Gasteiger partial charge in [-0.1, -0.05) is 0 Å². The molecular formula is C15H22N4S. The zero-order valence-corrected chi connectivity index (χ0v) is 13.2. The number of hydrogen-bond acceptors (Lipinski definition) is 2. The summed E-state index contributed by atoms with van der Waals surface area (Å²) in [5.74, 6) is 0.944. The lowest BCUT2D eigenvalue weighted by molar-refractivity contribution is 0.462. The standard InChI is InChI=1S/C15H22N4S/c1-4-16-15(17-10-13-7-9-20-12-13)19(3)11-14-6-5-8-18(14)2/h5-9,12H,4,10-11H2,1-3H3,(H,16,17). The smallest absolute Gasteiger partial charge is 0.194 e. The van der Waals surface area contributed by atoms with Crippen molar-refractivity contribution in [2.45, 2.75) is 20.0 Å². The minimum atomic E-state index is 0.726. The molecule has 2 rings (SSSR count). The summed E-state index contributed by atoms with van der Waals surface area (Å²) in [6.45, 7) is 4.54. The Morgan fingerprint density at radius 2 is 2.30 bits per heavy atom. The van der Waals surface area contributed by atoms with Gasteiger partial charge in [-0.25, -0.2) is 4.99 Å². The van der Waals surface area contributed by atoms with Crippen molar-refractivity contribution >= 4 is 17.3 Å². The molecule has 0 amide bonds. The molecular weight excluding hydrogens is 268 g/mol. The quantitative estimate of drug-likeness (QED) is 0.678. The Morgan fingerprint density at radius 1 is 1.45 bits per heavy atom. The van der Waals surface area contributed by atoms with Crippen molar-refractivity contribution in [2.75, 3.05) is 13.6 Å². The molecule has 0 saturated carbocycles. The van der Waals surface area contributed by atoms with Crippen LogP contribution >= 0.6 is 11.3 Å². The number of aromatic nitrogens is 1. The zero-order chi connectivity index (χ0) is 14.4. The van der Waals surface area contributed by atoms with Crippen molar-refractivity contribution in [3.8, 4) is 0 Å². The fourth-order valence-corrected chi connectivity index (χ4v) is 2.66. The number of aryl methyl sites for hydroxylation is 1. The number of thiophene rings is 1. The van der Waals surface area contributed by atoms with Gasteiger partial charge in [-0.2, -0.15) is 11.3 Å². The molecule has 0 unspecified atom stereocenters. The summed E-state index contributed by atoms with van der Waals surface area (Å²) in [6.07, 6.45) is 2.07. The molecule has 0 radical (unpaired) electrons. The van der Waals surface area contributed by atoms with Gasteiger partial charge in [0.15, 0.2) is 5.96 Å². The normalized spacial score (nSPS) is 11.7. The van der Waals surface area contributed by atoms with Crippen LogP contribution in [0.5, 0.6) is 0 Å². The minimum Gasteiger partial charge on any atom is -0.357 e. The van der Waals surface area contributed by atoms with Gasteiger partial charge in [0.1, 0.15) is 0 Å². The first kappa shape index (κ1) is 14.7. The zero-order valence-electron chi connectivity index (χ0n) is 12.3. The highest BCUT2D eigenvalue weighted by Crippen LogP contribution is 2.08. The molecule has 5 heteroatoms. The molecule has 0 spiro atoms. The third kappa shape index (κ3) is 3.87. The molecule has 2 aromatic rings. The fourth-order valence-electron chi connectivity index (χ4n) is 2.00. The summed E-state index contributed by atoms with van der Waals surface area (Å²) in [6, 6.07) is 6.33. The highest BCUT2D eigenvalue weighted by Gasteiger charge is 2.08. The number of nitrogens with one attached hydrogen (secondary N) is 1. The van der Waals surface area contributed by atoms with E-state index < -0.39 is 0 Å². The Bertz CT molecular complexity index is 542. The van der Waals surface area contributed by atoms with Crippen LogP contribution in [-0.4, -0.2) is 29.0 Å². The minimum absolute atomic E-state index is 0.726. The molecule has 2 aromatic heterocycles. The van der Waals surface area contributed by atoms with Crippen LogP contribution in [0.25, 0.3) is 0 Å². The molecule has 0 aliphatic heterocycles. The molecule has 108 valence electrons.